The Kier molecular flexibility index (Phi) is 1.43. The molecular formula is C9H14N2O. The van der Waals surface area contributed by atoms with Gasteiger partial charge in [-0.05, 0) is 24.7 Å². The van der Waals surface area contributed by atoms with E-state index in [1.807, 2.05) is 0 Å². The second-order valence-corrected chi connectivity index (χ2v) is 4.11. The number of nitrogens with two attached hydrogens (primary N) is 1. The molecule has 0 aromatic carbocycles. The topological polar surface area (TPSA) is 52.0 Å². The van der Waals surface area contributed by atoms with Crippen molar-refractivity contribution in [3.8, 4) is 0 Å². The molecule has 66 valence electrons. The summed E-state index contributed by atoms with van der Waals surface area (Å²) in [6.45, 7) is 4.39. The van der Waals surface area contributed by atoms with Crippen molar-refractivity contribution in [3.05, 3.63) is 11.3 Å². The summed E-state index contributed by atoms with van der Waals surface area (Å²) >= 11 is 0. The molecule has 0 unspecified atom stereocenters. The molecule has 0 saturated carbocycles. The summed E-state index contributed by atoms with van der Waals surface area (Å²) in [4.78, 5) is 0. The van der Waals surface area contributed by atoms with Gasteiger partial charge in [0.2, 0.25) is 5.88 Å². The van der Waals surface area contributed by atoms with Crippen LogP contribution in [0.2, 0.25) is 0 Å². The summed E-state index contributed by atoms with van der Waals surface area (Å²) in [5.41, 5.74) is 8.05. The van der Waals surface area contributed by atoms with Gasteiger partial charge in [0.15, 0.2) is 0 Å². The molecule has 0 radical (unpaired) electrons. The van der Waals surface area contributed by atoms with E-state index in [1.165, 1.54) is 12.8 Å². The Morgan fingerprint density at radius 1 is 1.50 bits per heavy atom. The number of hydrogen-bond acceptors (Lipinski definition) is 3. The molecule has 2 N–H and O–H groups in total. The van der Waals surface area contributed by atoms with Gasteiger partial charge in [0.25, 0.3) is 0 Å². The molecule has 1 aliphatic rings. The molecule has 0 amide bonds. The van der Waals surface area contributed by atoms with Crippen LogP contribution in [-0.4, -0.2) is 5.16 Å². The van der Waals surface area contributed by atoms with Gasteiger partial charge in [-0.15, -0.1) is 0 Å². The third-order valence-electron chi connectivity index (χ3n) is 2.68. The van der Waals surface area contributed by atoms with Gasteiger partial charge in [0, 0.05) is 5.56 Å². The number of nitrogens with zero attached hydrogens (tertiary/aromatic N) is 1. The Hall–Kier alpha value is -0.990. The maximum absolute atomic E-state index is 5.71. The first kappa shape index (κ1) is 7.65. The monoisotopic (exact) mass is 166 g/mol. The maximum atomic E-state index is 5.71. The first-order valence-electron chi connectivity index (χ1n) is 4.36. The van der Waals surface area contributed by atoms with Gasteiger partial charge in [-0.2, -0.15) is 0 Å². The summed E-state index contributed by atoms with van der Waals surface area (Å²) in [7, 11) is 0. The molecule has 12 heavy (non-hydrogen) atoms. The molecule has 1 aliphatic carbocycles. The van der Waals surface area contributed by atoms with E-state index in [4.69, 9.17) is 10.3 Å². The molecule has 0 saturated heterocycles. The van der Waals surface area contributed by atoms with Gasteiger partial charge < -0.3 is 10.3 Å². The third kappa shape index (κ3) is 0.924. The first-order valence-corrected chi connectivity index (χ1v) is 4.36. The number of aromatic nitrogens is 1. The lowest BCUT2D eigenvalue weighted by Crippen LogP contribution is -2.23. The molecule has 0 fully saturated rings. The molecule has 3 heteroatoms. The van der Waals surface area contributed by atoms with E-state index < -0.39 is 0 Å². The van der Waals surface area contributed by atoms with Crippen LogP contribution < -0.4 is 5.73 Å². The largest absolute Gasteiger partial charge is 0.367 e. The molecule has 0 atom stereocenters. The van der Waals surface area contributed by atoms with Crippen molar-refractivity contribution in [1.29, 1.82) is 0 Å². The SMILES string of the molecule is CC1(C)CCCc2noc(N)c21. The average molecular weight is 166 g/mol. The smallest absolute Gasteiger partial charge is 0.226 e. The quantitative estimate of drug-likeness (QED) is 0.640. The summed E-state index contributed by atoms with van der Waals surface area (Å²) in [5.74, 6) is 0.509. The lowest BCUT2D eigenvalue weighted by Gasteiger charge is -2.28. The normalized spacial score (nSPS) is 20.5. The number of hydrogen-bond donors (Lipinski definition) is 1. The second-order valence-electron chi connectivity index (χ2n) is 4.11. The second kappa shape index (κ2) is 2.25. The van der Waals surface area contributed by atoms with Gasteiger partial charge in [0.05, 0.1) is 5.69 Å². The maximum Gasteiger partial charge on any atom is 0.226 e. The highest BCUT2D eigenvalue weighted by Crippen LogP contribution is 2.39. The lowest BCUT2D eigenvalue weighted by molar-refractivity contribution is 0.421. The van der Waals surface area contributed by atoms with Crippen LogP contribution in [0.1, 0.15) is 37.9 Å². The van der Waals surface area contributed by atoms with E-state index in [9.17, 15) is 0 Å². The van der Waals surface area contributed by atoms with Gasteiger partial charge >= 0.3 is 0 Å². The van der Waals surface area contributed by atoms with E-state index >= 15 is 0 Å². The van der Waals surface area contributed by atoms with Crippen molar-refractivity contribution >= 4 is 5.88 Å². The average Bonchev–Trinajstić information content (AvgIpc) is 2.32. The third-order valence-corrected chi connectivity index (χ3v) is 2.68. The number of aryl methyl sites for hydroxylation is 1. The van der Waals surface area contributed by atoms with Crippen LogP contribution in [0.15, 0.2) is 4.52 Å². The Bertz CT molecular complexity index is 301. The van der Waals surface area contributed by atoms with Crippen LogP contribution in [-0.2, 0) is 11.8 Å². The van der Waals surface area contributed by atoms with Crippen molar-refractivity contribution < 1.29 is 4.52 Å². The summed E-state index contributed by atoms with van der Waals surface area (Å²) < 4.78 is 4.98. The standard InChI is InChI=1S/C9H14N2O/c1-9(2)5-3-4-6-7(9)8(10)12-11-6/h3-5,10H2,1-2H3. The highest BCUT2D eigenvalue weighted by Gasteiger charge is 2.32. The summed E-state index contributed by atoms with van der Waals surface area (Å²) in [6.07, 6.45) is 3.37. The molecule has 1 heterocycles. The molecular weight excluding hydrogens is 152 g/mol. The highest BCUT2D eigenvalue weighted by atomic mass is 16.5. The van der Waals surface area contributed by atoms with E-state index in [0.29, 0.717) is 5.88 Å². The number of nitrogen functional groups attached to an aromatic ring is 1. The minimum Gasteiger partial charge on any atom is -0.367 e. The zero-order valence-electron chi connectivity index (χ0n) is 7.55. The first-order chi connectivity index (χ1) is 5.61. The molecule has 2 rings (SSSR count). The van der Waals surface area contributed by atoms with Gasteiger partial charge in [-0.1, -0.05) is 19.0 Å². The zero-order valence-corrected chi connectivity index (χ0v) is 7.55. The van der Waals surface area contributed by atoms with Crippen LogP contribution >= 0.6 is 0 Å². The number of anilines is 1. The Morgan fingerprint density at radius 3 is 2.92 bits per heavy atom. The molecule has 1 aromatic heterocycles. The summed E-state index contributed by atoms with van der Waals surface area (Å²) in [6, 6.07) is 0. The molecule has 0 bridgehead atoms. The predicted octanol–water partition coefficient (Wildman–Crippen LogP) is 1.87. The minimum absolute atomic E-state index is 0.150. The number of fused-ring (bicyclic) bond motifs is 1. The van der Waals surface area contributed by atoms with Crippen LogP contribution in [0.5, 0.6) is 0 Å². The minimum atomic E-state index is 0.150. The van der Waals surface area contributed by atoms with Crippen LogP contribution in [0.3, 0.4) is 0 Å². The molecule has 0 spiro atoms. The Labute approximate surface area is 71.9 Å². The lowest BCUT2D eigenvalue weighted by atomic mass is 9.75. The number of rotatable bonds is 0. The van der Waals surface area contributed by atoms with Gasteiger partial charge in [-0.3, -0.25) is 0 Å². The van der Waals surface area contributed by atoms with E-state index in [2.05, 4.69) is 19.0 Å². The fourth-order valence-electron chi connectivity index (χ4n) is 2.06. The van der Waals surface area contributed by atoms with Crippen molar-refractivity contribution in [3.63, 3.8) is 0 Å². The van der Waals surface area contributed by atoms with E-state index in [1.54, 1.807) is 0 Å². The fourth-order valence-corrected chi connectivity index (χ4v) is 2.06. The van der Waals surface area contributed by atoms with Crippen molar-refractivity contribution in [1.82, 2.24) is 5.16 Å². The van der Waals surface area contributed by atoms with Crippen LogP contribution in [0, 0.1) is 0 Å². The molecule has 0 aliphatic heterocycles. The molecule has 3 nitrogen and oxygen atoms in total. The van der Waals surface area contributed by atoms with Crippen LogP contribution in [0.4, 0.5) is 5.88 Å². The van der Waals surface area contributed by atoms with Gasteiger partial charge in [0.1, 0.15) is 0 Å². The summed E-state index contributed by atoms with van der Waals surface area (Å²) in [5, 5.41) is 3.95. The molecule has 1 aromatic rings. The van der Waals surface area contributed by atoms with Crippen molar-refractivity contribution in [2.75, 3.05) is 5.73 Å². The fraction of sp³-hybridized carbons (Fsp3) is 0.667. The Morgan fingerprint density at radius 2 is 2.25 bits per heavy atom. The Balaban J connectivity index is 2.56. The van der Waals surface area contributed by atoms with E-state index in [-0.39, 0.29) is 5.41 Å². The predicted molar refractivity (Wildman–Crippen MR) is 46.9 cm³/mol. The highest BCUT2D eigenvalue weighted by molar-refractivity contribution is 5.45. The van der Waals surface area contributed by atoms with Crippen molar-refractivity contribution in [2.24, 2.45) is 0 Å². The van der Waals surface area contributed by atoms with Crippen LogP contribution in [0.25, 0.3) is 0 Å². The van der Waals surface area contributed by atoms with Gasteiger partial charge in [-0.25, -0.2) is 0 Å². The zero-order chi connectivity index (χ0) is 8.77. The van der Waals surface area contributed by atoms with E-state index in [0.717, 1.165) is 17.7 Å². The van der Waals surface area contributed by atoms with Crippen molar-refractivity contribution in [2.45, 2.75) is 38.5 Å².